The molecule has 0 radical (unpaired) electrons. The molecule has 220 valence electrons. The molecule has 4 atom stereocenters. The fourth-order valence-corrected chi connectivity index (χ4v) is 6.69. The minimum atomic E-state index is -1.76. The highest BCUT2D eigenvalue weighted by atomic mass is 16.5. The van der Waals surface area contributed by atoms with Crippen LogP contribution in [0.3, 0.4) is 0 Å². The second kappa shape index (κ2) is 11.7. The summed E-state index contributed by atoms with van der Waals surface area (Å²) in [5.41, 5.74) is 3.13. The molecule has 2 heterocycles. The van der Waals surface area contributed by atoms with Crippen LogP contribution < -0.4 is 4.90 Å². The Bertz CT molecular complexity index is 1690. The van der Waals surface area contributed by atoms with Gasteiger partial charge in [-0.2, -0.15) is 5.26 Å². The van der Waals surface area contributed by atoms with Gasteiger partial charge in [-0.1, -0.05) is 97.1 Å². The second-order valence-corrected chi connectivity index (χ2v) is 11.3. The van der Waals surface area contributed by atoms with Crippen LogP contribution in [-0.2, 0) is 19.1 Å². The summed E-state index contributed by atoms with van der Waals surface area (Å²) in [7, 11) is 5.16. The lowest BCUT2D eigenvalue weighted by Gasteiger charge is -2.36. The van der Waals surface area contributed by atoms with Crippen LogP contribution in [0.15, 0.2) is 115 Å². The Labute approximate surface area is 257 Å². The van der Waals surface area contributed by atoms with Gasteiger partial charge in [-0.05, 0) is 46.0 Å². The quantitative estimate of drug-likeness (QED) is 0.238. The molecule has 2 aliphatic rings. The zero-order chi connectivity index (χ0) is 30.8. The number of nitrogens with zero attached hydrogens (tertiary/aromatic N) is 3. The van der Waals surface area contributed by atoms with Gasteiger partial charge < -0.3 is 19.3 Å². The Hall–Kier alpha value is -5.35. The number of rotatable bonds is 7. The molecule has 7 nitrogen and oxygen atoms in total. The van der Waals surface area contributed by atoms with E-state index >= 15 is 0 Å². The van der Waals surface area contributed by atoms with Crippen molar-refractivity contribution in [2.75, 3.05) is 26.1 Å². The standard InChI is InChI=1S/C37H33N3O4/c1-39(2)29-20-18-26(19-21-29)31-32(35(41)44-33(27-13-6-4-7-14-27)28-15-8-5-9-16-28)40-23-22-25-12-10-11-17-30(25)34(40)37(31,24-38)36(42)43-3/h4-23,31-34H,1-3H3/t31-,32+,34+,37-/m0/s1. The zero-order valence-electron chi connectivity index (χ0n) is 24.8. The first-order chi connectivity index (χ1) is 21.4. The van der Waals surface area contributed by atoms with Gasteiger partial charge in [0.05, 0.1) is 19.2 Å². The summed E-state index contributed by atoms with van der Waals surface area (Å²) < 4.78 is 11.8. The summed E-state index contributed by atoms with van der Waals surface area (Å²) >= 11 is 0. The lowest BCUT2D eigenvalue weighted by atomic mass is 9.67. The smallest absolute Gasteiger partial charge is 0.330 e. The number of fused-ring (bicyclic) bond motifs is 3. The summed E-state index contributed by atoms with van der Waals surface area (Å²) in [6, 6.07) is 35.0. The van der Waals surface area contributed by atoms with Crippen LogP contribution in [0.2, 0.25) is 0 Å². The van der Waals surface area contributed by atoms with E-state index in [1.807, 2.05) is 145 Å². The number of benzene rings is 4. The molecule has 0 aliphatic carbocycles. The van der Waals surface area contributed by atoms with Crippen molar-refractivity contribution in [2.45, 2.75) is 24.1 Å². The first-order valence-electron chi connectivity index (χ1n) is 14.5. The van der Waals surface area contributed by atoms with Gasteiger partial charge in [-0.25, -0.2) is 4.79 Å². The number of hydrogen-bond donors (Lipinski definition) is 0. The molecule has 7 heteroatoms. The molecule has 44 heavy (non-hydrogen) atoms. The zero-order valence-corrected chi connectivity index (χ0v) is 24.8. The van der Waals surface area contributed by atoms with Crippen LogP contribution in [0.5, 0.6) is 0 Å². The van der Waals surface area contributed by atoms with Crippen molar-refractivity contribution in [1.82, 2.24) is 4.90 Å². The summed E-state index contributed by atoms with van der Waals surface area (Å²) in [4.78, 5) is 32.4. The number of ether oxygens (including phenoxy) is 2. The number of esters is 2. The minimum absolute atomic E-state index is 0.542. The van der Waals surface area contributed by atoms with E-state index < -0.39 is 41.5 Å². The number of carbonyl (C=O) groups is 2. The highest BCUT2D eigenvalue weighted by Gasteiger charge is 2.68. The van der Waals surface area contributed by atoms with Crippen molar-refractivity contribution in [1.29, 1.82) is 5.26 Å². The van der Waals surface area contributed by atoms with Crippen LogP contribution in [-0.4, -0.2) is 44.1 Å². The normalized spacial score (nSPS) is 21.6. The van der Waals surface area contributed by atoms with E-state index in [1.165, 1.54) is 7.11 Å². The average Bonchev–Trinajstić information content (AvgIpc) is 3.39. The third kappa shape index (κ3) is 4.69. The van der Waals surface area contributed by atoms with E-state index in [4.69, 9.17) is 9.47 Å². The van der Waals surface area contributed by atoms with Gasteiger partial charge in [0.2, 0.25) is 0 Å². The number of hydrogen-bond acceptors (Lipinski definition) is 7. The topological polar surface area (TPSA) is 82.9 Å². The van der Waals surface area contributed by atoms with Crippen LogP contribution in [0.25, 0.3) is 6.08 Å². The van der Waals surface area contributed by atoms with Crippen molar-refractivity contribution in [3.8, 4) is 6.07 Å². The first kappa shape index (κ1) is 28.8. The molecule has 4 aromatic carbocycles. The molecule has 1 fully saturated rings. The molecule has 0 bridgehead atoms. The van der Waals surface area contributed by atoms with Crippen molar-refractivity contribution >= 4 is 23.7 Å². The van der Waals surface area contributed by atoms with E-state index in [0.717, 1.165) is 27.9 Å². The number of anilines is 1. The van der Waals surface area contributed by atoms with Crippen molar-refractivity contribution in [3.05, 3.63) is 143 Å². The number of nitriles is 1. The van der Waals surface area contributed by atoms with Gasteiger partial charge in [0, 0.05) is 31.9 Å². The molecule has 2 aliphatic heterocycles. The maximum absolute atomic E-state index is 14.7. The largest absolute Gasteiger partial charge is 0.468 e. The predicted molar refractivity (Wildman–Crippen MR) is 168 cm³/mol. The van der Waals surface area contributed by atoms with Crippen LogP contribution >= 0.6 is 0 Å². The molecular weight excluding hydrogens is 550 g/mol. The van der Waals surface area contributed by atoms with E-state index in [9.17, 15) is 14.9 Å². The minimum Gasteiger partial charge on any atom is -0.468 e. The van der Waals surface area contributed by atoms with Crippen LogP contribution in [0, 0.1) is 16.7 Å². The van der Waals surface area contributed by atoms with Crippen molar-refractivity contribution in [2.24, 2.45) is 5.41 Å². The monoisotopic (exact) mass is 583 g/mol. The third-order valence-electron chi connectivity index (χ3n) is 8.73. The molecule has 0 spiro atoms. The third-order valence-corrected chi connectivity index (χ3v) is 8.73. The fraction of sp³-hybridized carbons (Fsp3) is 0.216. The molecular formula is C37H33N3O4. The van der Waals surface area contributed by atoms with Gasteiger partial charge in [-0.15, -0.1) is 0 Å². The Morgan fingerprint density at radius 2 is 1.45 bits per heavy atom. The first-order valence-corrected chi connectivity index (χ1v) is 14.5. The van der Waals surface area contributed by atoms with E-state index in [2.05, 4.69) is 6.07 Å². The summed E-state index contributed by atoms with van der Waals surface area (Å²) in [6.07, 6.45) is 3.02. The highest BCUT2D eigenvalue weighted by Crippen LogP contribution is 2.60. The Morgan fingerprint density at radius 1 is 0.864 bits per heavy atom. The maximum atomic E-state index is 14.7. The second-order valence-electron chi connectivity index (χ2n) is 11.3. The van der Waals surface area contributed by atoms with Crippen LogP contribution in [0.1, 0.15) is 45.9 Å². The van der Waals surface area contributed by atoms with E-state index in [0.29, 0.717) is 5.56 Å². The Morgan fingerprint density at radius 3 is 2.02 bits per heavy atom. The molecule has 4 aromatic rings. The van der Waals surface area contributed by atoms with Gasteiger partial charge >= 0.3 is 11.9 Å². The molecule has 6 rings (SSSR count). The Kier molecular flexibility index (Phi) is 7.67. The summed E-state index contributed by atoms with van der Waals surface area (Å²) in [5, 5.41) is 11.0. The van der Waals surface area contributed by atoms with Gasteiger partial charge in [-0.3, -0.25) is 4.79 Å². The SMILES string of the molecule is COC(=O)[C@@]1(C#N)[C@@H](c2ccc(N(C)C)cc2)[C@H](C(=O)OC(c2ccccc2)c2ccccc2)N2C=Cc3ccccc3[C@@H]21. The van der Waals surface area contributed by atoms with Gasteiger partial charge in [0.25, 0.3) is 0 Å². The van der Waals surface area contributed by atoms with E-state index in [1.54, 1.807) is 0 Å². The van der Waals surface area contributed by atoms with Gasteiger partial charge in [0.1, 0.15) is 6.04 Å². The molecule has 0 N–H and O–H groups in total. The lowest BCUT2D eigenvalue weighted by Crippen LogP contribution is -2.41. The summed E-state index contributed by atoms with van der Waals surface area (Å²) in [5.74, 6) is -2.14. The predicted octanol–water partition coefficient (Wildman–Crippen LogP) is 6.26. The fourth-order valence-electron chi connectivity index (χ4n) is 6.69. The molecule has 0 saturated carbocycles. The van der Waals surface area contributed by atoms with Crippen molar-refractivity contribution < 1.29 is 19.1 Å². The Balaban J connectivity index is 1.54. The van der Waals surface area contributed by atoms with Crippen molar-refractivity contribution in [3.63, 3.8) is 0 Å². The molecule has 0 unspecified atom stereocenters. The molecule has 1 saturated heterocycles. The average molecular weight is 584 g/mol. The van der Waals surface area contributed by atoms with E-state index in [-0.39, 0.29) is 0 Å². The number of carbonyl (C=O) groups excluding carboxylic acids is 2. The van der Waals surface area contributed by atoms with Crippen LogP contribution in [0.4, 0.5) is 5.69 Å². The summed E-state index contributed by atoms with van der Waals surface area (Å²) in [6.45, 7) is 0. The maximum Gasteiger partial charge on any atom is 0.330 e. The molecule has 0 amide bonds. The lowest BCUT2D eigenvalue weighted by molar-refractivity contribution is -0.153. The van der Waals surface area contributed by atoms with Gasteiger partial charge in [0.15, 0.2) is 11.5 Å². The number of methoxy groups -OCH3 is 1. The highest BCUT2D eigenvalue weighted by molar-refractivity contribution is 5.90. The molecule has 0 aromatic heterocycles.